The monoisotopic (exact) mass is 445 g/mol. The molecule has 0 bridgehead atoms. The van der Waals surface area contributed by atoms with Crippen LogP contribution >= 0.6 is 11.6 Å². The van der Waals surface area contributed by atoms with E-state index in [0.717, 1.165) is 70.0 Å². The molecule has 2 fully saturated rings. The van der Waals surface area contributed by atoms with E-state index in [1.54, 1.807) is 12.1 Å². The lowest BCUT2D eigenvalue weighted by Crippen LogP contribution is -2.41. The lowest BCUT2D eigenvalue weighted by molar-refractivity contribution is 0.151. The Labute approximate surface area is 188 Å². The molecule has 166 valence electrons. The predicted molar refractivity (Wildman–Crippen MR) is 121 cm³/mol. The first-order valence-corrected chi connectivity index (χ1v) is 11.4. The highest BCUT2D eigenvalue weighted by Gasteiger charge is 2.30. The number of nitrogens with zero attached hydrogens (tertiary/aromatic N) is 3. The van der Waals surface area contributed by atoms with Gasteiger partial charge in [0.2, 0.25) is 0 Å². The average molecular weight is 446 g/mol. The molecule has 2 aliphatic rings. The standard InChI is InChI=1S/C24H29ClFN3O2/c25-20-1-5-22(6-2-20)29-17-16-28(24(29)30)15-14-27-12-9-19(10-13-27)11-18-31-23-7-3-21(26)4-8-23/h1-8,19H,9-18H2. The van der Waals surface area contributed by atoms with Crippen molar-refractivity contribution in [2.24, 2.45) is 5.92 Å². The van der Waals surface area contributed by atoms with Crippen LogP contribution in [0.1, 0.15) is 19.3 Å². The van der Waals surface area contributed by atoms with Crippen LogP contribution in [0.2, 0.25) is 5.02 Å². The second-order valence-electron chi connectivity index (χ2n) is 8.27. The third-order valence-electron chi connectivity index (χ3n) is 6.24. The van der Waals surface area contributed by atoms with E-state index >= 15 is 0 Å². The van der Waals surface area contributed by atoms with Crippen molar-refractivity contribution in [1.29, 1.82) is 0 Å². The number of hydrogen-bond donors (Lipinski definition) is 0. The maximum absolute atomic E-state index is 12.9. The van der Waals surface area contributed by atoms with Gasteiger partial charge in [-0.2, -0.15) is 0 Å². The lowest BCUT2D eigenvalue weighted by Gasteiger charge is -2.33. The van der Waals surface area contributed by atoms with Crippen molar-refractivity contribution >= 4 is 23.3 Å². The van der Waals surface area contributed by atoms with Gasteiger partial charge in [-0.15, -0.1) is 0 Å². The second-order valence-corrected chi connectivity index (χ2v) is 8.71. The summed E-state index contributed by atoms with van der Waals surface area (Å²) in [6.07, 6.45) is 3.32. The van der Waals surface area contributed by atoms with Crippen LogP contribution in [0.25, 0.3) is 0 Å². The van der Waals surface area contributed by atoms with Crippen molar-refractivity contribution in [3.05, 3.63) is 59.4 Å². The second kappa shape index (κ2) is 10.3. The molecular formula is C24H29ClFN3O2. The SMILES string of the molecule is O=C1N(CCN2CCC(CCOc3ccc(F)cc3)CC2)CCN1c1ccc(Cl)cc1. The molecule has 0 N–H and O–H groups in total. The number of hydrogen-bond acceptors (Lipinski definition) is 3. The molecule has 2 amide bonds. The zero-order chi connectivity index (χ0) is 21.6. The molecule has 4 rings (SSSR count). The molecule has 31 heavy (non-hydrogen) atoms. The van der Waals surface area contributed by atoms with Gasteiger partial charge in [0.1, 0.15) is 11.6 Å². The molecule has 5 nitrogen and oxygen atoms in total. The molecule has 2 heterocycles. The fourth-order valence-electron chi connectivity index (χ4n) is 4.29. The predicted octanol–water partition coefficient (Wildman–Crippen LogP) is 4.90. The highest BCUT2D eigenvalue weighted by molar-refractivity contribution is 6.30. The minimum atomic E-state index is -0.243. The lowest BCUT2D eigenvalue weighted by atomic mass is 9.94. The number of urea groups is 1. The Hall–Kier alpha value is -2.31. The summed E-state index contributed by atoms with van der Waals surface area (Å²) in [4.78, 5) is 19.0. The summed E-state index contributed by atoms with van der Waals surface area (Å²) in [6, 6.07) is 13.7. The van der Waals surface area contributed by atoms with E-state index < -0.39 is 0 Å². The van der Waals surface area contributed by atoms with Gasteiger partial charge in [-0.05, 0) is 86.8 Å². The number of amides is 2. The molecule has 0 aliphatic carbocycles. The fourth-order valence-corrected chi connectivity index (χ4v) is 4.41. The van der Waals surface area contributed by atoms with Crippen LogP contribution in [-0.2, 0) is 0 Å². The van der Waals surface area contributed by atoms with Gasteiger partial charge in [0, 0.05) is 36.9 Å². The number of ether oxygens (including phenoxy) is 1. The van der Waals surface area contributed by atoms with Crippen LogP contribution in [0.4, 0.5) is 14.9 Å². The number of anilines is 1. The van der Waals surface area contributed by atoms with E-state index in [4.69, 9.17) is 16.3 Å². The minimum absolute atomic E-state index is 0.0788. The Morgan fingerprint density at radius 3 is 2.35 bits per heavy atom. The van der Waals surface area contributed by atoms with Crippen LogP contribution in [0.15, 0.2) is 48.5 Å². The molecular weight excluding hydrogens is 417 g/mol. The summed E-state index contributed by atoms with van der Waals surface area (Å²) in [5.41, 5.74) is 0.903. The van der Waals surface area contributed by atoms with Crippen LogP contribution in [-0.4, -0.2) is 61.7 Å². The number of piperidine rings is 1. The fraction of sp³-hybridized carbons (Fsp3) is 0.458. The van der Waals surface area contributed by atoms with Gasteiger partial charge in [0.15, 0.2) is 0 Å². The van der Waals surface area contributed by atoms with Crippen LogP contribution in [0.3, 0.4) is 0 Å². The van der Waals surface area contributed by atoms with Gasteiger partial charge < -0.3 is 14.5 Å². The van der Waals surface area contributed by atoms with Gasteiger partial charge in [-0.3, -0.25) is 4.90 Å². The quantitative estimate of drug-likeness (QED) is 0.579. The van der Waals surface area contributed by atoms with Crippen LogP contribution < -0.4 is 9.64 Å². The minimum Gasteiger partial charge on any atom is -0.494 e. The number of rotatable bonds is 8. The van der Waals surface area contributed by atoms with Gasteiger partial charge in [-0.1, -0.05) is 11.6 Å². The summed E-state index contributed by atoms with van der Waals surface area (Å²) in [5.74, 6) is 1.14. The van der Waals surface area contributed by atoms with E-state index in [2.05, 4.69) is 4.90 Å². The molecule has 0 unspecified atom stereocenters. The van der Waals surface area contributed by atoms with E-state index in [-0.39, 0.29) is 11.8 Å². The summed E-state index contributed by atoms with van der Waals surface area (Å²) in [5, 5.41) is 0.678. The Balaban J connectivity index is 1.14. The highest BCUT2D eigenvalue weighted by Crippen LogP contribution is 2.24. The number of likely N-dealkylation sites (tertiary alicyclic amines) is 1. The molecule has 0 atom stereocenters. The Bertz CT molecular complexity index is 854. The van der Waals surface area contributed by atoms with Crippen molar-refractivity contribution in [1.82, 2.24) is 9.80 Å². The molecule has 0 aromatic heterocycles. The summed E-state index contributed by atoms with van der Waals surface area (Å²) in [6.45, 7) is 5.95. The molecule has 0 saturated carbocycles. The maximum atomic E-state index is 12.9. The number of halogens is 2. The van der Waals surface area contributed by atoms with E-state index in [1.807, 2.05) is 34.1 Å². The summed E-state index contributed by atoms with van der Waals surface area (Å²) >= 11 is 5.95. The van der Waals surface area contributed by atoms with Gasteiger partial charge in [0.05, 0.1) is 6.61 Å². The van der Waals surface area contributed by atoms with Gasteiger partial charge in [-0.25, -0.2) is 9.18 Å². The normalized spacial score (nSPS) is 18.1. The largest absolute Gasteiger partial charge is 0.494 e. The summed E-state index contributed by atoms with van der Waals surface area (Å²) < 4.78 is 18.7. The molecule has 0 spiro atoms. The van der Waals surface area contributed by atoms with E-state index in [0.29, 0.717) is 17.5 Å². The molecule has 0 radical (unpaired) electrons. The number of carbonyl (C=O) groups is 1. The highest BCUT2D eigenvalue weighted by atomic mass is 35.5. The molecule has 7 heteroatoms. The van der Waals surface area contributed by atoms with Crippen molar-refractivity contribution < 1.29 is 13.9 Å². The smallest absolute Gasteiger partial charge is 0.324 e. The first-order valence-electron chi connectivity index (χ1n) is 11.0. The Morgan fingerprint density at radius 2 is 1.65 bits per heavy atom. The zero-order valence-electron chi connectivity index (χ0n) is 17.7. The van der Waals surface area contributed by atoms with Gasteiger partial charge in [0.25, 0.3) is 0 Å². The van der Waals surface area contributed by atoms with E-state index in [9.17, 15) is 9.18 Å². The molecule has 2 aliphatic heterocycles. The number of benzene rings is 2. The number of carbonyl (C=O) groups excluding carboxylic acids is 1. The van der Waals surface area contributed by atoms with Gasteiger partial charge >= 0.3 is 6.03 Å². The van der Waals surface area contributed by atoms with Crippen molar-refractivity contribution in [2.75, 3.05) is 50.8 Å². The third kappa shape index (κ3) is 5.89. The molecule has 2 aromatic rings. The van der Waals surface area contributed by atoms with Crippen molar-refractivity contribution in [2.45, 2.75) is 19.3 Å². The average Bonchev–Trinajstić information content (AvgIpc) is 3.15. The molecule has 2 aromatic carbocycles. The third-order valence-corrected chi connectivity index (χ3v) is 6.49. The van der Waals surface area contributed by atoms with Crippen LogP contribution in [0, 0.1) is 11.7 Å². The first kappa shape index (κ1) is 21.9. The maximum Gasteiger partial charge on any atom is 0.324 e. The summed E-state index contributed by atoms with van der Waals surface area (Å²) in [7, 11) is 0. The van der Waals surface area contributed by atoms with Crippen molar-refractivity contribution in [3.63, 3.8) is 0 Å². The van der Waals surface area contributed by atoms with Crippen molar-refractivity contribution in [3.8, 4) is 5.75 Å². The first-order chi connectivity index (χ1) is 15.1. The van der Waals surface area contributed by atoms with Crippen LogP contribution in [0.5, 0.6) is 5.75 Å². The Kier molecular flexibility index (Phi) is 7.30. The van der Waals surface area contributed by atoms with E-state index in [1.165, 1.54) is 12.1 Å². The Morgan fingerprint density at radius 1 is 0.935 bits per heavy atom. The zero-order valence-corrected chi connectivity index (χ0v) is 18.4. The molecule has 2 saturated heterocycles. The topological polar surface area (TPSA) is 36.0 Å².